The maximum Gasteiger partial charge on any atom is 0.292 e. The first-order chi connectivity index (χ1) is 14.0. The number of nitrogens with two attached hydrogens (primary N) is 1. The van der Waals surface area contributed by atoms with Gasteiger partial charge in [-0.25, -0.2) is 10.1 Å². The third-order valence-corrected chi connectivity index (χ3v) is 4.38. The Hall–Kier alpha value is -3.60. The van der Waals surface area contributed by atoms with Gasteiger partial charge in [-0.2, -0.15) is 9.78 Å². The summed E-state index contributed by atoms with van der Waals surface area (Å²) in [5.41, 5.74) is 10.9. The highest BCUT2D eigenvalue weighted by molar-refractivity contribution is 5.95. The molecule has 2 heterocycles. The summed E-state index contributed by atoms with van der Waals surface area (Å²) in [6.45, 7) is 8.08. The number of amides is 1. The fraction of sp³-hybridized carbons (Fsp3) is 0.333. The lowest BCUT2D eigenvalue weighted by atomic mass is 10.2. The molecule has 152 valence electrons. The smallest absolute Gasteiger partial charge is 0.292 e. The number of nitrogen functional groups attached to an aromatic ring is 1. The van der Waals surface area contributed by atoms with Crippen LogP contribution in [0.3, 0.4) is 0 Å². The Kier molecular flexibility index (Phi) is 6.29. The van der Waals surface area contributed by atoms with Gasteiger partial charge in [0.15, 0.2) is 5.69 Å². The van der Waals surface area contributed by atoms with Crippen LogP contribution in [0, 0.1) is 6.92 Å². The van der Waals surface area contributed by atoms with Crippen LogP contribution in [-0.4, -0.2) is 55.4 Å². The topological polar surface area (TPSA) is 140 Å². The van der Waals surface area contributed by atoms with E-state index in [1.165, 1.54) is 4.68 Å². The zero-order chi connectivity index (χ0) is 20.8. The number of rotatable bonds is 8. The number of hydrogen-bond acceptors (Lipinski definition) is 9. The fourth-order valence-electron chi connectivity index (χ4n) is 2.66. The average Bonchev–Trinajstić information content (AvgIpc) is 3.33. The van der Waals surface area contributed by atoms with Gasteiger partial charge in [0, 0.05) is 6.54 Å². The Labute approximate surface area is 167 Å². The number of hydrazone groups is 1. The molecule has 2 aromatic heterocycles. The number of carbonyl (C=O) groups excluding carboxylic acids is 1. The first kappa shape index (κ1) is 20.1. The molecule has 0 saturated heterocycles. The number of anilines is 1. The summed E-state index contributed by atoms with van der Waals surface area (Å²) in [5.74, 6) is -0.402. The molecule has 0 radical (unpaired) electrons. The lowest BCUT2D eigenvalue weighted by Crippen LogP contribution is -2.27. The number of aromatic nitrogens is 5. The molecule has 0 saturated carbocycles. The zero-order valence-corrected chi connectivity index (χ0v) is 16.5. The summed E-state index contributed by atoms with van der Waals surface area (Å²) >= 11 is 0. The highest BCUT2D eigenvalue weighted by atomic mass is 16.6. The van der Waals surface area contributed by atoms with Crippen molar-refractivity contribution in [1.29, 1.82) is 0 Å². The standard InChI is InChI=1S/C18H23N9O2/c1-4-26(5-2)11-14-15(27(25-21-14)17-16(19)23-29-24-17)18(28)22-20-10-13-8-6-12(3)7-9-13/h6-10H,4-5,11H2,1-3H3,(H2,19,23)(H,22,28)/b20-10-. The largest absolute Gasteiger partial charge is 0.378 e. The molecule has 0 unspecified atom stereocenters. The molecule has 3 N–H and O–H groups in total. The Morgan fingerprint density at radius 1 is 1.28 bits per heavy atom. The van der Waals surface area contributed by atoms with Gasteiger partial charge in [-0.1, -0.05) is 48.9 Å². The van der Waals surface area contributed by atoms with Crippen LogP contribution in [0.25, 0.3) is 5.82 Å². The molecule has 0 aliphatic rings. The van der Waals surface area contributed by atoms with Crippen molar-refractivity contribution in [2.45, 2.75) is 27.3 Å². The molecule has 3 aromatic rings. The van der Waals surface area contributed by atoms with Gasteiger partial charge < -0.3 is 5.73 Å². The molecule has 1 amide bonds. The lowest BCUT2D eigenvalue weighted by molar-refractivity contribution is 0.0945. The Morgan fingerprint density at radius 3 is 2.62 bits per heavy atom. The van der Waals surface area contributed by atoms with Crippen molar-refractivity contribution in [3.63, 3.8) is 0 Å². The van der Waals surface area contributed by atoms with E-state index in [-0.39, 0.29) is 17.3 Å². The number of aryl methyl sites for hydroxylation is 1. The van der Waals surface area contributed by atoms with Crippen LogP contribution < -0.4 is 11.2 Å². The summed E-state index contributed by atoms with van der Waals surface area (Å²) in [6, 6.07) is 7.74. The van der Waals surface area contributed by atoms with Gasteiger partial charge in [-0.15, -0.1) is 5.10 Å². The number of nitrogens with one attached hydrogen (secondary N) is 1. The molecule has 0 aliphatic heterocycles. The molecular weight excluding hydrogens is 374 g/mol. The molecular formula is C18H23N9O2. The second-order valence-corrected chi connectivity index (χ2v) is 6.34. The van der Waals surface area contributed by atoms with Crippen molar-refractivity contribution in [2.75, 3.05) is 18.8 Å². The molecule has 11 nitrogen and oxygen atoms in total. The quantitative estimate of drug-likeness (QED) is 0.426. The van der Waals surface area contributed by atoms with Gasteiger partial charge in [0.25, 0.3) is 5.91 Å². The molecule has 1 aromatic carbocycles. The monoisotopic (exact) mass is 397 g/mol. The summed E-state index contributed by atoms with van der Waals surface area (Å²) < 4.78 is 5.84. The molecule has 29 heavy (non-hydrogen) atoms. The van der Waals surface area contributed by atoms with E-state index in [0.717, 1.165) is 24.2 Å². The van der Waals surface area contributed by atoms with Crippen LogP contribution >= 0.6 is 0 Å². The minimum Gasteiger partial charge on any atom is -0.378 e. The second kappa shape index (κ2) is 9.06. The van der Waals surface area contributed by atoms with Crippen molar-refractivity contribution in [3.05, 3.63) is 46.8 Å². The van der Waals surface area contributed by atoms with Gasteiger partial charge >= 0.3 is 0 Å². The maximum atomic E-state index is 12.9. The molecule has 11 heteroatoms. The van der Waals surface area contributed by atoms with Crippen LogP contribution in [0.2, 0.25) is 0 Å². The number of benzene rings is 1. The highest BCUT2D eigenvalue weighted by Gasteiger charge is 2.25. The van der Waals surface area contributed by atoms with Gasteiger partial charge in [0.1, 0.15) is 5.69 Å². The molecule has 0 aliphatic carbocycles. The SMILES string of the molecule is CCN(CC)Cc1nnn(-c2nonc2N)c1C(=O)N/N=C\c1ccc(C)cc1. The molecule has 0 fully saturated rings. The van der Waals surface area contributed by atoms with Crippen molar-refractivity contribution in [2.24, 2.45) is 5.10 Å². The van der Waals surface area contributed by atoms with Gasteiger partial charge in [-0.05, 0) is 35.9 Å². The molecule has 3 rings (SSSR count). The minimum absolute atomic E-state index is 0.00139. The van der Waals surface area contributed by atoms with E-state index in [1.807, 2.05) is 45.0 Å². The van der Waals surface area contributed by atoms with E-state index in [4.69, 9.17) is 5.73 Å². The minimum atomic E-state index is -0.497. The zero-order valence-electron chi connectivity index (χ0n) is 16.5. The van der Waals surface area contributed by atoms with Crippen molar-refractivity contribution in [3.8, 4) is 5.82 Å². The fourth-order valence-corrected chi connectivity index (χ4v) is 2.66. The van der Waals surface area contributed by atoms with Crippen molar-refractivity contribution in [1.82, 2.24) is 35.6 Å². The van der Waals surface area contributed by atoms with E-state index < -0.39 is 5.91 Å². The Balaban J connectivity index is 1.87. The molecule has 0 bridgehead atoms. The van der Waals surface area contributed by atoms with Crippen LogP contribution in [0.15, 0.2) is 34.0 Å². The van der Waals surface area contributed by atoms with Crippen molar-refractivity contribution >= 4 is 17.9 Å². The van der Waals surface area contributed by atoms with E-state index in [9.17, 15) is 4.79 Å². The third kappa shape index (κ3) is 4.63. The van der Waals surface area contributed by atoms with E-state index in [1.54, 1.807) is 6.21 Å². The first-order valence-corrected chi connectivity index (χ1v) is 9.18. The predicted octanol–water partition coefficient (Wildman–Crippen LogP) is 1.15. The molecule has 0 spiro atoms. The van der Waals surface area contributed by atoms with Gasteiger partial charge in [0.05, 0.1) is 6.21 Å². The number of hydrogen-bond donors (Lipinski definition) is 2. The summed E-state index contributed by atoms with van der Waals surface area (Å²) in [5, 5.41) is 19.4. The number of nitrogens with zero attached hydrogens (tertiary/aromatic N) is 7. The summed E-state index contributed by atoms with van der Waals surface area (Å²) in [7, 11) is 0. The van der Waals surface area contributed by atoms with Gasteiger partial charge in [-0.3, -0.25) is 9.69 Å². The predicted molar refractivity (Wildman–Crippen MR) is 106 cm³/mol. The lowest BCUT2D eigenvalue weighted by Gasteiger charge is -2.16. The van der Waals surface area contributed by atoms with E-state index in [2.05, 4.69) is 40.7 Å². The highest BCUT2D eigenvalue weighted by Crippen LogP contribution is 2.17. The Bertz CT molecular complexity index is 987. The van der Waals surface area contributed by atoms with Crippen molar-refractivity contribution < 1.29 is 9.42 Å². The van der Waals surface area contributed by atoms with Gasteiger partial charge in [0.2, 0.25) is 11.6 Å². The summed E-state index contributed by atoms with van der Waals surface area (Å²) in [6.07, 6.45) is 1.56. The Morgan fingerprint density at radius 2 is 2.00 bits per heavy atom. The number of carbonyl (C=O) groups is 1. The van der Waals surface area contributed by atoms with Crippen LogP contribution in [0.4, 0.5) is 5.82 Å². The van der Waals surface area contributed by atoms with E-state index in [0.29, 0.717) is 12.2 Å². The normalized spacial score (nSPS) is 11.4. The summed E-state index contributed by atoms with van der Waals surface area (Å²) in [4.78, 5) is 15.0. The van der Waals surface area contributed by atoms with E-state index >= 15 is 0 Å². The second-order valence-electron chi connectivity index (χ2n) is 6.34. The molecule has 0 atom stereocenters. The van der Waals surface area contributed by atoms with Crippen LogP contribution in [0.1, 0.15) is 41.2 Å². The average molecular weight is 397 g/mol. The third-order valence-electron chi connectivity index (χ3n) is 4.38. The van der Waals surface area contributed by atoms with Crippen LogP contribution in [-0.2, 0) is 6.54 Å². The first-order valence-electron chi connectivity index (χ1n) is 9.18. The van der Waals surface area contributed by atoms with Crippen LogP contribution in [0.5, 0.6) is 0 Å². The maximum absolute atomic E-state index is 12.9.